The number of carboxylic acids is 2. The number of rotatable bonds is 11. The minimum atomic E-state index is -2.07. The number of hydrogen-bond acceptors (Lipinski definition) is 9. The Morgan fingerprint density at radius 1 is 0.857 bits per heavy atom. The summed E-state index contributed by atoms with van der Waals surface area (Å²) in [4.78, 5) is 42.4. The van der Waals surface area contributed by atoms with Gasteiger partial charge in [0.1, 0.15) is 18.5 Å². The first kappa shape index (κ1) is 29.3. The lowest BCUT2D eigenvalue weighted by Crippen LogP contribution is -2.45. The number of nitrogens with one attached hydrogen (secondary N) is 1. The maximum Gasteiger partial charge on any atom is 0.349 e. The Labute approximate surface area is 202 Å². The minimum Gasteiger partial charge on any atom is -0.490 e. The van der Waals surface area contributed by atoms with E-state index >= 15 is 0 Å². The first-order valence-electron chi connectivity index (χ1n) is 10.7. The van der Waals surface area contributed by atoms with Crippen LogP contribution in [0.2, 0.25) is 0 Å². The Balaban J connectivity index is 0.000000357. The Kier molecular flexibility index (Phi) is 12.2. The number of fused-ring (bicyclic) bond motifs is 1. The molecule has 0 aliphatic rings. The Morgan fingerprint density at radius 3 is 1.86 bits per heavy atom. The van der Waals surface area contributed by atoms with Gasteiger partial charge in [-0.3, -0.25) is 9.59 Å². The molecule has 0 heterocycles. The molecule has 0 aromatic heterocycles. The van der Waals surface area contributed by atoms with E-state index in [1.807, 2.05) is 30.3 Å². The van der Waals surface area contributed by atoms with Crippen molar-refractivity contribution in [2.75, 3.05) is 13.2 Å². The van der Waals surface area contributed by atoms with Gasteiger partial charge in [0, 0.05) is 31.8 Å². The molecule has 0 saturated carbocycles. The Bertz CT molecular complexity index is 969. The maximum atomic E-state index is 10.6. The van der Waals surface area contributed by atoms with E-state index in [4.69, 9.17) is 14.9 Å². The number of benzene rings is 2. The molecule has 0 aliphatic heterocycles. The fraction of sp³-hybridized carbons (Fsp3) is 0.417. The fourth-order valence-corrected chi connectivity index (χ4v) is 2.78. The van der Waals surface area contributed by atoms with E-state index in [-0.39, 0.29) is 0 Å². The van der Waals surface area contributed by atoms with Gasteiger partial charge in [-0.05, 0) is 11.5 Å². The smallest absolute Gasteiger partial charge is 0.349 e. The molecule has 0 aliphatic carbocycles. The molecule has 2 aromatic rings. The maximum absolute atomic E-state index is 10.6. The lowest BCUT2D eigenvalue weighted by Gasteiger charge is -2.19. The molecule has 0 fully saturated rings. The molecule has 0 saturated heterocycles. The monoisotopic (exact) mass is 493 g/mol. The largest absolute Gasteiger partial charge is 0.490 e. The zero-order valence-corrected chi connectivity index (χ0v) is 20.0. The molecule has 0 unspecified atom stereocenters. The molecule has 0 bridgehead atoms. The number of esters is 2. The lowest BCUT2D eigenvalue weighted by molar-refractivity contribution is -0.185. The molecule has 0 spiro atoms. The van der Waals surface area contributed by atoms with Crippen molar-refractivity contribution in [1.29, 1.82) is 0 Å². The van der Waals surface area contributed by atoms with E-state index in [1.165, 1.54) is 0 Å². The van der Waals surface area contributed by atoms with Crippen LogP contribution in [0.4, 0.5) is 0 Å². The predicted molar refractivity (Wildman–Crippen MR) is 125 cm³/mol. The van der Waals surface area contributed by atoms with Crippen molar-refractivity contribution >= 4 is 34.6 Å². The average Bonchev–Trinajstić information content (AvgIpc) is 2.78. The van der Waals surface area contributed by atoms with Crippen LogP contribution in [0, 0.1) is 0 Å². The van der Waals surface area contributed by atoms with E-state index in [2.05, 4.69) is 40.8 Å². The Hall–Kier alpha value is -3.70. The van der Waals surface area contributed by atoms with Gasteiger partial charge in [-0.25, -0.2) is 9.59 Å². The van der Waals surface area contributed by atoms with Crippen molar-refractivity contribution in [3.63, 3.8) is 0 Å². The molecule has 35 heavy (non-hydrogen) atoms. The summed E-state index contributed by atoms with van der Waals surface area (Å²) >= 11 is 0. The summed E-state index contributed by atoms with van der Waals surface area (Å²) in [5.74, 6) is -4.61. The van der Waals surface area contributed by atoms with Gasteiger partial charge in [0.2, 0.25) is 12.2 Å². The normalized spacial score (nSPS) is 13.1. The Morgan fingerprint density at radius 2 is 1.37 bits per heavy atom. The molecule has 0 amide bonds. The quantitative estimate of drug-likeness (QED) is 0.335. The van der Waals surface area contributed by atoms with Crippen molar-refractivity contribution in [3.8, 4) is 5.75 Å². The van der Waals surface area contributed by atoms with Crippen LogP contribution in [-0.2, 0) is 28.7 Å². The molecule has 11 heteroatoms. The van der Waals surface area contributed by atoms with Gasteiger partial charge in [-0.15, -0.1) is 0 Å². The number of carbonyl (C=O) groups is 4. The van der Waals surface area contributed by atoms with Crippen LogP contribution < -0.4 is 10.1 Å². The number of carbonyl (C=O) groups excluding carboxylic acids is 2. The third kappa shape index (κ3) is 10.8. The van der Waals surface area contributed by atoms with Crippen molar-refractivity contribution in [3.05, 3.63) is 42.5 Å². The van der Waals surface area contributed by atoms with Crippen molar-refractivity contribution in [2.24, 2.45) is 0 Å². The average molecular weight is 494 g/mol. The molecule has 3 atom stereocenters. The number of hydrogen-bond donors (Lipinski definition) is 4. The highest BCUT2D eigenvalue weighted by atomic mass is 16.6. The summed E-state index contributed by atoms with van der Waals surface area (Å²) in [7, 11) is 0. The van der Waals surface area contributed by atoms with Crippen molar-refractivity contribution in [1.82, 2.24) is 5.32 Å². The highest BCUT2D eigenvalue weighted by Gasteiger charge is 2.39. The molecule has 0 radical (unpaired) electrons. The standard InChI is InChI=1S/C16H21NO2.C8H10O8/c1-12(2)17-10-14(18)11-19-16-9-5-7-13-6-3-4-8-15(13)16;1-3(9)15-5(7(11)12)6(8(13)14)16-4(2)10/h3-9,12,14,17-18H,10-11H2,1-2H3;5-6H,1-2H3,(H,11,12)(H,13,14)/t14-;5-,6+/m1./s1. The zero-order chi connectivity index (χ0) is 26.5. The summed E-state index contributed by atoms with van der Waals surface area (Å²) in [6.07, 6.45) is -4.64. The highest BCUT2D eigenvalue weighted by Crippen LogP contribution is 2.25. The van der Waals surface area contributed by atoms with Crippen LogP contribution >= 0.6 is 0 Å². The SMILES string of the molecule is CC(=O)O[C@H](C(=O)O)[C@@H](OC(C)=O)C(=O)O.CC(C)NC[C@@H](O)COc1cccc2ccccc12. The van der Waals surface area contributed by atoms with Gasteiger partial charge in [0.15, 0.2) is 0 Å². The fourth-order valence-electron chi connectivity index (χ4n) is 2.78. The van der Waals surface area contributed by atoms with Crippen LogP contribution in [0.1, 0.15) is 27.7 Å². The van der Waals surface area contributed by atoms with Gasteiger partial charge in [0.25, 0.3) is 0 Å². The molecule has 192 valence electrons. The highest BCUT2D eigenvalue weighted by molar-refractivity contribution is 5.88. The first-order chi connectivity index (χ1) is 16.4. The van der Waals surface area contributed by atoms with Crippen LogP contribution in [0.3, 0.4) is 0 Å². The van der Waals surface area contributed by atoms with Gasteiger partial charge in [0.05, 0.1) is 0 Å². The first-order valence-corrected chi connectivity index (χ1v) is 10.7. The minimum absolute atomic E-state index is 0.299. The van der Waals surface area contributed by atoms with E-state index in [9.17, 15) is 24.3 Å². The molecule has 4 N–H and O–H groups in total. The third-order valence-corrected chi connectivity index (χ3v) is 4.29. The second kappa shape index (κ2) is 14.5. The third-order valence-electron chi connectivity index (χ3n) is 4.29. The number of aliphatic carboxylic acids is 2. The molecular weight excluding hydrogens is 462 g/mol. The van der Waals surface area contributed by atoms with E-state index in [1.54, 1.807) is 0 Å². The summed E-state index contributed by atoms with van der Waals surface area (Å²) < 4.78 is 14.2. The summed E-state index contributed by atoms with van der Waals surface area (Å²) in [5, 5.41) is 32.5. The van der Waals surface area contributed by atoms with Gasteiger partial charge < -0.3 is 34.8 Å². The van der Waals surface area contributed by atoms with Gasteiger partial charge in [-0.1, -0.05) is 50.2 Å². The number of carboxylic acid groups (broad SMARTS) is 2. The second-order valence-corrected chi connectivity index (χ2v) is 7.74. The topological polar surface area (TPSA) is 169 Å². The van der Waals surface area contributed by atoms with Crippen molar-refractivity contribution in [2.45, 2.75) is 52.0 Å². The molecular formula is C24H31NO10. The summed E-state index contributed by atoms with van der Waals surface area (Å²) in [5.41, 5.74) is 0. The second-order valence-electron chi connectivity index (χ2n) is 7.74. The van der Waals surface area contributed by atoms with Crippen LogP contribution in [0.5, 0.6) is 5.75 Å². The zero-order valence-electron chi connectivity index (χ0n) is 20.0. The predicted octanol–water partition coefficient (Wildman–Crippen LogP) is 1.60. The van der Waals surface area contributed by atoms with Crippen LogP contribution in [0.25, 0.3) is 10.8 Å². The van der Waals surface area contributed by atoms with Crippen LogP contribution in [-0.4, -0.2) is 76.7 Å². The van der Waals surface area contributed by atoms with E-state index in [0.29, 0.717) is 19.2 Å². The summed E-state index contributed by atoms with van der Waals surface area (Å²) in [6, 6.07) is 14.4. The molecule has 2 rings (SSSR count). The van der Waals surface area contributed by atoms with E-state index < -0.39 is 42.2 Å². The number of ether oxygens (including phenoxy) is 3. The molecule has 2 aromatic carbocycles. The van der Waals surface area contributed by atoms with E-state index in [0.717, 1.165) is 30.4 Å². The number of aliphatic hydroxyl groups excluding tert-OH is 1. The lowest BCUT2D eigenvalue weighted by atomic mass is 10.1. The number of aliphatic hydroxyl groups is 1. The van der Waals surface area contributed by atoms with Crippen LogP contribution in [0.15, 0.2) is 42.5 Å². The van der Waals surface area contributed by atoms with Gasteiger partial charge in [-0.2, -0.15) is 0 Å². The molecule has 11 nitrogen and oxygen atoms in total. The van der Waals surface area contributed by atoms with Gasteiger partial charge >= 0.3 is 23.9 Å². The summed E-state index contributed by atoms with van der Waals surface area (Å²) in [6.45, 7) is 6.76. The van der Waals surface area contributed by atoms with Crippen molar-refractivity contribution < 1.29 is 48.7 Å².